The summed E-state index contributed by atoms with van der Waals surface area (Å²) in [5.41, 5.74) is 1.22. The van der Waals surface area contributed by atoms with E-state index >= 15 is 0 Å². The number of rotatable bonds is 3. The molecule has 5 heteroatoms. The Balaban J connectivity index is 2.29. The van der Waals surface area contributed by atoms with Gasteiger partial charge >= 0.3 is 0 Å². The maximum absolute atomic E-state index is 11.7. The second kappa shape index (κ2) is 5.46. The number of hydrogen-bond acceptors (Lipinski definition) is 4. The van der Waals surface area contributed by atoms with Gasteiger partial charge in [0.1, 0.15) is 11.6 Å². The third kappa shape index (κ3) is 3.93. The summed E-state index contributed by atoms with van der Waals surface area (Å²) in [4.78, 5) is 18.8. The zero-order valence-corrected chi connectivity index (χ0v) is 11.9. The second-order valence-corrected chi connectivity index (χ2v) is 5.74. The average molecular weight is 273 g/mol. The van der Waals surface area contributed by atoms with Gasteiger partial charge in [-0.25, -0.2) is 4.98 Å². The molecule has 1 aromatic carbocycles. The lowest BCUT2D eigenvalue weighted by molar-refractivity contribution is 0.421. The molecule has 20 heavy (non-hydrogen) atoms. The first-order chi connectivity index (χ1) is 9.33. The number of hydrogen-bond donors (Lipinski definition) is 3. The van der Waals surface area contributed by atoms with Crippen molar-refractivity contribution in [2.45, 2.75) is 32.9 Å². The zero-order chi connectivity index (χ0) is 14.8. The minimum atomic E-state index is -0.186. The van der Waals surface area contributed by atoms with E-state index in [0.717, 1.165) is 5.56 Å². The number of H-pyrrole nitrogens is 1. The smallest absolute Gasteiger partial charge is 0.251 e. The van der Waals surface area contributed by atoms with Gasteiger partial charge in [0.25, 0.3) is 5.56 Å². The highest BCUT2D eigenvalue weighted by atomic mass is 16.3. The fraction of sp³-hybridized carbons (Fsp3) is 0.333. The first kappa shape index (κ1) is 14.3. The maximum Gasteiger partial charge on any atom is 0.251 e. The lowest BCUT2D eigenvalue weighted by Gasteiger charge is -2.20. The Kier molecular flexibility index (Phi) is 3.90. The molecule has 106 valence electrons. The summed E-state index contributed by atoms with van der Waals surface area (Å²) in [6.45, 7) is 6.70. The molecule has 0 aliphatic heterocycles. The molecule has 0 saturated heterocycles. The number of aromatic hydroxyl groups is 1. The molecule has 0 saturated carbocycles. The van der Waals surface area contributed by atoms with Gasteiger partial charge in [0.2, 0.25) is 0 Å². The number of nitrogens with zero attached hydrogens (tertiary/aromatic N) is 1. The number of phenolic OH excluding ortho intramolecular Hbond substituents is 1. The highest BCUT2D eigenvalue weighted by molar-refractivity contribution is 5.55. The van der Waals surface area contributed by atoms with Crippen LogP contribution in [0.1, 0.15) is 26.5 Å². The van der Waals surface area contributed by atoms with Gasteiger partial charge in [0.05, 0.1) is 5.69 Å². The van der Waals surface area contributed by atoms with E-state index in [1.54, 1.807) is 24.3 Å². The molecule has 0 unspecified atom stereocenters. The van der Waals surface area contributed by atoms with Crippen LogP contribution in [0.3, 0.4) is 0 Å². The van der Waals surface area contributed by atoms with Crippen molar-refractivity contribution in [1.29, 1.82) is 0 Å². The van der Waals surface area contributed by atoms with Gasteiger partial charge in [-0.05, 0) is 45.0 Å². The summed E-state index contributed by atoms with van der Waals surface area (Å²) in [6, 6.07) is 8.05. The number of phenols is 1. The Morgan fingerprint density at radius 2 is 1.90 bits per heavy atom. The van der Waals surface area contributed by atoms with Crippen LogP contribution in [0.4, 0.5) is 0 Å². The molecule has 5 nitrogen and oxygen atoms in total. The molecule has 0 atom stereocenters. The molecule has 0 aliphatic rings. The molecule has 0 spiro atoms. The normalized spacial score (nSPS) is 11.6. The Morgan fingerprint density at radius 1 is 1.25 bits per heavy atom. The number of aromatic amines is 1. The molecule has 0 radical (unpaired) electrons. The van der Waals surface area contributed by atoms with E-state index in [9.17, 15) is 9.90 Å². The van der Waals surface area contributed by atoms with Gasteiger partial charge < -0.3 is 15.4 Å². The Labute approximate surface area is 117 Å². The van der Waals surface area contributed by atoms with Gasteiger partial charge in [0.15, 0.2) is 0 Å². The largest absolute Gasteiger partial charge is 0.508 e. The van der Waals surface area contributed by atoms with E-state index in [0.29, 0.717) is 18.1 Å². The summed E-state index contributed by atoms with van der Waals surface area (Å²) >= 11 is 0. The van der Waals surface area contributed by atoms with Crippen molar-refractivity contribution in [3.05, 3.63) is 46.4 Å². The quantitative estimate of drug-likeness (QED) is 0.799. The lowest BCUT2D eigenvalue weighted by atomic mass is 10.1. The molecular formula is C15H19N3O2. The van der Waals surface area contributed by atoms with Crippen molar-refractivity contribution >= 4 is 0 Å². The van der Waals surface area contributed by atoms with E-state index in [2.05, 4.69) is 36.1 Å². The summed E-state index contributed by atoms with van der Waals surface area (Å²) in [5.74, 6) is 0.685. The van der Waals surface area contributed by atoms with E-state index in [1.807, 2.05) is 0 Å². The first-order valence-electron chi connectivity index (χ1n) is 6.48. The van der Waals surface area contributed by atoms with Crippen LogP contribution < -0.4 is 10.9 Å². The van der Waals surface area contributed by atoms with Crippen molar-refractivity contribution in [2.75, 3.05) is 0 Å². The van der Waals surface area contributed by atoms with Crippen LogP contribution in [0, 0.1) is 0 Å². The monoisotopic (exact) mass is 273 g/mol. The van der Waals surface area contributed by atoms with Gasteiger partial charge in [-0.3, -0.25) is 4.79 Å². The number of nitrogens with one attached hydrogen (secondary N) is 2. The fourth-order valence-corrected chi connectivity index (χ4v) is 1.71. The van der Waals surface area contributed by atoms with Crippen molar-refractivity contribution in [1.82, 2.24) is 15.3 Å². The van der Waals surface area contributed by atoms with Crippen LogP contribution in [0.2, 0.25) is 0 Å². The molecule has 0 bridgehead atoms. The average Bonchev–Trinajstić information content (AvgIpc) is 2.36. The molecular weight excluding hydrogens is 254 g/mol. The molecule has 1 aromatic heterocycles. The first-order valence-corrected chi connectivity index (χ1v) is 6.48. The summed E-state index contributed by atoms with van der Waals surface area (Å²) in [5, 5.41) is 12.6. The van der Waals surface area contributed by atoms with Crippen LogP contribution in [0.5, 0.6) is 5.75 Å². The molecule has 2 rings (SSSR count). The third-order valence-electron chi connectivity index (χ3n) is 2.74. The van der Waals surface area contributed by atoms with Crippen LogP contribution in [-0.2, 0) is 6.54 Å². The van der Waals surface area contributed by atoms with Crippen molar-refractivity contribution in [3.63, 3.8) is 0 Å². The minimum Gasteiger partial charge on any atom is -0.508 e. The lowest BCUT2D eigenvalue weighted by Crippen LogP contribution is -2.35. The van der Waals surface area contributed by atoms with E-state index in [-0.39, 0.29) is 16.8 Å². The summed E-state index contributed by atoms with van der Waals surface area (Å²) < 4.78 is 0. The van der Waals surface area contributed by atoms with Crippen LogP contribution in [-0.4, -0.2) is 20.6 Å². The number of benzene rings is 1. The van der Waals surface area contributed by atoms with E-state index < -0.39 is 0 Å². The topological polar surface area (TPSA) is 78.0 Å². The predicted octanol–water partition coefficient (Wildman–Crippen LogP) is 2.03. The Bertz CT molecular complexity index is 639. The third-order valence-corrected chi connectivity index (χ3v) is 2.74. The number of aromatic nitrogens is 2. The van der Waals surface area contributed by atoms with Gasteiger partial charge in [0, 0.05) is 23.7 Å². The van der Waals surface area contributed by atoms with Crippen molar-refractivity contribution < 1.29 is 5.11 Å². The van der Waals surface area contributed by atoms with E-state index in [4.69, 9.17) is 0 Å². The second-order valence-electron chi connectivity index (χ2n) is 5.74. The van der Waals surface area contributed by atoms with Gasteiger partial charge in [-0.2, -0.15) is 0 Å². The standard InChI is InChI=1S/C15H19N3O2/c1-15(2,3)16-9-11-8-13(20)18-14(17-11)10-4-6-12(19)7-5-10/h4-8,16,19H,9H2,1-3H3,(H,17,18,20). The maximum atomic E-state index is 11.7. The highest BCUT2D eigenvalue weighted by Crippen LogP contribution is 2.17. The van der Waals surface area contributed by atoms with Crippen LogP contribution in [0.25, 0.3) is 11.4 Å². The van der Waals surface area contributed by atoms with Crippen LogP contribution in [0.15, 0.2) is 35.1 Å². The molecule has 3 N–H and O–H groups in total. The van der Waals surface area contributed by atoms with Crippen LogP contribution >= 0.6 is 0 Å². The zero-order valence-electron chi connectivity index (χ0n) is 11.9. The van der Waals surface area contributed by atoms with E-state index in [1.165, 1.54) is 6.07 Å². The summed E-state index contributed by atoms with van der Waals surface area (Å²) in [7, 11) is 0. The summed E-state index contributed by atoms with van der Waals surface area (Å²) in [6.07, 6.45) is 0. The molecule has 1 heterocycles. The Morgan fingerprint density at radius 3 is 2.50 bits per heavy atom. The van der Waals surface area contributed by atoms with Crippen molar-refractivity contribution in [3.8, 4) is 17.1 Å². The molecule has 0 fully saturated rings. The minimum absolute atomic E-state index is 0.0387. The van der Waals surface area contributed by atoms with Gasteiger partial charge in [-0.1, -0.05) is 0 Å². The van der Waals surface area contributed by atoms with Crippen molar-refractivity contribution in [2.24, 2.45) is 0 Å². The fourth-order valence-electron chi connectivity index (χ4n) is 1.71. The SMILES string of the molecule is CC(C)(C)NCc1cc(=O)[nH]c(-c2ccc(O)cc2)n1. The highest BCUT2D eigenvalue weighted by Gasteiger charge is 2.10. The molecule has 0 amide bonds. The molecule has 0 aliphatic carbocycles. The molecule has 2 aromatic rings. The Hall–Kier alpha value is -2.14. The van der Waals surface area contributed by atoms with Gasteiger partial charge in [-0.15, -0.1) is 0 Å². The predicted molar refractivity (Wildman–Crippen MR) is 78.6 cm³/mol.